The van der Waals surface area contributed by atoms with E-state index in [0.29, 0.717) is 5.15 Å². The van der Waals surface area contributed by atoms with Crippen LogP contribution in [0.3, 0.4) is 0 Å². The van der Waals surface area contributed by atoms with Crippen molar-refractivity contribution in [3.8, 4) is 0 Å². The predicted molar refractivity (Wildman–Crippen MR) is 62.2 cm³/mol. The quantitative estimate of drug-likeness (QED) is 0.713. The second-order valence-corrected chi connectivity index (χ2v) is 3.90. The maximum Gasteiger partial charge on any atom is 0.129 e. The van der Waals surface area contributed by atoms with E-state index in [4.69, 9.17) is 11.6 Å². The molecule has 3 heteroatoms. The monoisotopic (exact) mass is 212 g/mol. The molecule has 0 unspecified atom stereocenters. The van der Waals surface area contributed by atoms with Crippen LogP contribution in [0, 0.1) is 6.92 Å². The summed E-state index contributed by atoms with van der Waals surface area (Å²) in [4.78, 5) is 6.45. The van der Waals surface area contributed by atoms with Gasteiger partial charge in [0, 0.05) is 13.6 Å². The molecule has 0 saturated carbocycles. The molecule has 0 fully saturated rings. The lowest BCUT2D eigenvalue weighted by Gasteiger charge is -2.20. The lowest BCUT2D eigenvalue weighted by molar-refractivity contribution is 0.763. The molecule has 14 heavy (non-hydrogen) atoms. The van der Waals surface area contributed by atoms with Gasteiger partial charge >= 0.3 is 0 Å². The van der Waals surface area contributed by atoms with Gasteiger partial charge in [0.15, 0.2) is 0 Å². The Hall–Kier alpha value is -0.760. The van der Waals surface area contributed by atoms with Crippen molar-refractivity contribution < 1.29 is 0 Å². The Morgan fingerprint density at radius 3 is 2.71 bits per heavy atom. The Bertz CT molecular complexity index is 299. The fraction of sp³-hybridized carbons (Fsp3) is 0.545. The topological polar surface area (TPSA) is 16.1 Å². The van der Waals surface area contributed by atoms with Crippen LogP contribution < -0.4 is 4.90 Å². The van der Waals surface area contributed by atoms with Gasteiger partial charge < -0.3 is 4.90 Å². The Morgan fingerprint density at radius 1 is 1.43 bits per heavy atom. The molecular weight excluding hydrogens is 196 g/mol. The predicted octanol–water partition coefficient (Wildman–Crippen LogP) is 3.28. The van der Waals surface area contributed by atoms with E-state index in [0.717, 1.165) is 12.2 Å². The highest BCUT2D eigenvalue weighted by molar-refractivity contribution is 6.29. The molecule has 0 atom stereocenters. The summed E-state index contributed by atoms with van der Waals surface area (Å²) in [6.45, 7) is 5.26. The van der Waals surface area contributed by atoms with Crippen molar-refractivity contribution in [2.75, 3.05) is 18.5 Å². The summed E-state index contributed by atoms with van der Waals surface area (Å²) in [5, 5.41) is 0.565. The van der Waals surface area contributed by atoms with Crippen LogP contribution in [0.25, 0.3) is 0 Å². The molecule has 0 aliphatic rings. The number of anilines is 1. The molecular formula is C11H17ClN2. The van der Waals surface area contributed by atoms with E-state index in [9.17, 15) is 0 Å². The molecule has 0 spiro atoms. The molecule has 1 aromatic rings. The third-order valence-electron chi connectivity index (χ3n) is 2.28. The fourth-order valence-corrected chi connectivity index (χ4v) is 1.63. The van der Waals surface area contributed by atoms with Crippen LogP contribution in [0.15, 0.2) is 12.1 Å². The molecule has 0 N–H and O–H groups in total. The van der Waals surface area contributed by atoms with Crippen LogP contribution in [0.4, 0.5) is 5.69 Å². The number of aromatic nitrogens is 1. The number of nitrogens with zero attached hydrogens (tertiary/aromatic N) is 2. The van der Waals surface area contributed by atoms with Crippen molar-refractivity contribution in [2.24, 2.45) is 0 Å². The number of hydrogen-bond acceptors (Lipinski definition) is 2. The van der Waals surface area contributed by atoms with E-state index >= 15 is 0 Å². The van der Waals surface area contributed by atoms with E-state index in [1.807, 2.05) is 19.1 Å². The van der Waals surface area contributed by atoms with Gasteiger partial charge in [-0.05, 0) is 25.5 Å². The first-order chi connectivity index (χ1) is 6.65. The fourth-order valence-electron chi connectivity index (χ4n) is 1.44. The molecule has 1 heterocycles. The van der Waals surface area contributed by atoms with Crippen molar-refractivity contribution in [2.45, 2.75) is 26.7 Å². The van der Waals surface area contributed by atoms with E-state index in [1.165, 1.54) is 18.5 Å². The van der Waals surface area contributed by atoms with Crippen LogP contribution >= 0.6 is 11.6 Å². The minimum atomic E-state index is 0.565. The van der Waals surface area contributed by atoms with Crippen molar-refractivity contribution in [3.05, 3.63) is 23.0 Å². The average molecular weight is 213 g/mol. The molecule has 0 saturated heterocycles. The van der Waals surface area contributed by atoms with Crippen molar-refractivity contribution in [1.29, 1.82) is 0 Å². The number of rotatable bonds is 4. The summed E-state index contributed by atoms with van der Waals surface area (Å²) >= 11 is 5.80. The Kier molecular flexibility index (Phi) is 4.21. The Balaban J connectivity index is 2.74. The lowest BCUT2D eigenvalue weighted by Crippen LogP contribution is -2.19. The molecule has 0 bridgehead atoms. The zero-order valence-electron chi connectivity index (χ0n) is 9.05. The molecule has 0 amide bonds. The molecule has 1 rings (SSSR count). The summed E-state index contributed by atoms with van der Waals surface area (Å²) in [5.41, 5.74) is 2.17. The van der Waals surface area contributed by atoms with Gasteiger partial charge in [0.2, 0.25) is 0 Å². The normalized spacial score (nSPS) is 10.3. The molecule has 0 radical (unpaired) electrons. The smallest absolute Gasteiger partial charge is 0.129 e. The summed E-state index contributed by atoms with van der Waals surface area (Å²) in [6.07, 6.45) is 2.42. The van der Waals surface area contributed by atoms with Crippen LogP contribution in [0.2, 0.25) is 5.15 Å². The van der Waals surface area contributed by atoms with Gasteiger partial charge in [-0.3, -0.25) is 0 Å². The van der Waals surface area contributed by atoms with Gasteiger partial charge in [0.1, 0.15) is 5.15 Å². The van der Waals surface area contributed by atoms with Gasteiger partial charge in [-0.25, -0.2) is 4.98 Å². The molecule has 0 aromatic carbocycles. The van der Waals surface area contributed by atoms with Crippen molar-refractivity contribution >= 4 is 17.3 Å². The van der Waals surface area contributed by atoms with Gasteiger partial charge in [0.25, 0.3) is 0 Å². The molecule has 2 nitrogen and oxygen atoms in total. The van der Waals surface area contributed by atoms with Crippen LogP contribution in [0.5, 0.6) is 0 Å². The van der Waals surface area contributed by atoms with E-state index in [1.54, 1.807) is 0 Å². The number of hydrogen-bond donors (Lipinski definition) is 0. The molecule has 78 valence electrons. The third kappa shape index (κ3) is 2.88. The number of halogens is 1. The van der Waals surface area contributed by atoms with Crippen molar-refractivity contribution in [3.63, 3.8) is 0 Å². The number of unbranched alkanes of at least 4 members (excludes halogenated alkanes) is 1. The molecule has 1 aromatic heterocycles. The first kappa shape index (κ1) is 11.3. The SMILES string of the molecule is CCCCN(C)c1ccc(Cl)nc1C. The van der Waals surface area contributed by atoms with Gasteiger partial charge in [0.05, 0.1) is 11.4 Å². The first-order valence-corrected chi connectivity index (χ1v) is 5.37. The maximum absolute atomic E-state index is 5.80. The van der Waals surface area contributed by atoms with E-state index in [2.05, 4.69) is 23.9 Å². The number of pyridine rings is 1. The summed E-state index contributed by atoms with van der Waals surface area (Å²) < 4.78 is 0. The lowest BCUT2D eigenvalue weighted by atomic mass is 10.2. The molecule has 0 aliphatic heterocycles. The zero-order chi connectivity index (χ0) is 10.6. The Labute approximate surface area is 90.9 Å². The summed E-state index contributed by atoms with van der Waals surface area (Å²) in [6, 6.07) is 3.87. The zero-order valence-corrected chi connectivity index (χ0v) is 9.80. The minimum Gasteiger partial charge on any atom is -0.373 e. The second-order valence-electron chi connectivity index (χ2n) is 3.51. The van der Waals surface area contributed by atoms with E-state index < -0.39 is 0 Å². The summed E-state index contributed by atoms with van der Waals surface area (Å²) in [7, 11) is 2.09. The standard InChI is InChI=1S/C11H17ClN2/c1-4-5-8-14(3)10-6-7-11(12)13-9(10)2/h6-7H,4-5,8H2,1-3H3. The van der Waals surface area contributed by atoms with Crippen LogP contribution in [-0.4, -0.2) is 18.6 Å². The second kappa shape index (κ2) is 5.20. The highest BCUT2D eigenvalue weighted by atomic mass is 35.5. The maximum atomic E-state index is 5.80. The van der Waals surface area contributed by atoms with Gasteiger partial charge in [-0.15, -0.1) is 0 Å². The summed E-state index contributed by atoms with van der Waals surface area (Å²) in [5.74, 6) is 0. The number of aryl methyl sites for hydroxylation is 1. The minimum absolute atomic E-state index is 0.565. The van der Waals surface area contributed by atoms with E-state index in [-0.39, 0.29) is 0 Å². The van der Waals surface area contributed by atoms with Crippen LogP contribution in [0.1, 0.15) is 25.5 Å². The van der Waals surface area contributed by atoms with Gasteiger partial charge in [-0.1, -0.05) is 24.9 Å². The first-order valence-electron chi connectivity index (χ1n) is 4.99. The van der Waals surface area contributed by atoms with Gasteiger partial charge in [-0.2, -0.15) is 0 Å². The van der Waals surface area contributed by atoms with Crippen molar-refractivity contribution in [1.82, 2.24) is 4.98 Å². The highest BCUT2D eigenvalue weighted by Gasteiger charge is 2.04. The largest absolute Gasteiger partial charge is 0.373 e. The third-order valence-corrected chi connectivity index (χ3v) is 2.49. The average Bonchev–Trinajstić information content (AvgIpc) is 2.14. The molecule has 0 aliphatic carbocycles. The van der Waals surface area contributed by atoms with Crippen LogP contribution in [-0.2, 0) is 0 Å². The Morgan fingerprint density at radius 2 is 2.14 bits per heavy atom. The highest BCUT2D eigenvalue weighted by Crippen LogP contribution is 2.19.